The maximum atomic E-state index is 15.1. The van der Waals surface area contributed by atoms with Crippen LogP contribution in [0.2, 0.25) is 0 Å². The highest BCUT2D eigenvalue weighted by atomic mass is 19.1. The number of aromatic nitrogens is 3. The summed E-state index contributed by atoms with van der Waals surface area (Å²) < 4.78 is 51.8. The summed E-state index contributed by atoms with van der Waals surface area (Å²) >= 11 is 0. The van der Waals surface area contributed by atoms with E-state index in [9.17, 15) is 10.1 Å². The van der Waals surface area contributed by atoms with Crippen LogP contribution < -0.4 is 14.4 Å². The van der Waals surface area contributed by atoms with Crippen LogP contribution in [0.25, 0.3) is 32.9 Å². The molecule has 2 aromatic heterocycles. The summed E-state index contributed by atoms with van der Waals surface area (Å²) in [5.74, 6) is 1.69. The number of fused-ring (bicyclic) bond motifs is 3. The summed E-state index contributed by atoms with van der Waals surface area (Å²) in [7, 11) is -1.16. The summed E-state index contributed by atoms with van der Waals surface area (Å²) in [6.07, 6.45) is 13.1. The van der Waals surface area contributed by atoms with Crippen LogP contribution in [0.15, 0.2) is 49.2 Å². The third kappa shape index (κ3) is 5.37. The van der Waals surface area contributed by atoms with Crippen molar-refractivity contribution in [3.63, 3.8) is 0 Å². The van der Waals surface area contributed by atoms with Crippen LogP contribution >= 0.6 is 0 Å². The Bertz CT molecular complexity index is 2210. The van der Waals surface area contributed by atoms with E-state index in [0.717, 1.165) is 38.8 Å². The number of amides is 1. The fourth-order valence-electron chi connectivity index (χ4n) is 8.20. The van der Waals surface area contributed by atoms with Gasteiger partial charge in [-0.2, -0.15) is 15.2 Å². The van der Waals surface area contributed by atoms with Crippen LogP contribution in [0.5, 0.6) is 11.8 Å². The minimum Gasteiger partial charge on any atom is -0.492 e. The Morgan fingerprint density at radius 2 is 2.04 bits per heavy atom. The summed E-state index contributed by atoms with van der Waals surface area (Å²) in [4.78, 5) is 33.2. The van der Waals surface area contributed by atoms with E-state index in [0.29, 0.717) is 47.1 Å². The van der Waals surface area contributed by atoms with Gasteiger partial charge >= 0.3 is 6.01 Å². The molecule has 5 heterocycles. The van der Waals surface area contributed by atoms with Gasteiger partial charge < -0.3 is 19.3 Å². The highest BCUT2D eigenvalue weighted by molar-refractivity contribution is 6.04. The van der Waals surface area contributed by atoms with E-state index in [4.69, 9.17) is 35.0 Å². The number of pyridine rings is 1. The number of rotatable bonds is 9. The Balaban J connectivity index is 1.43. The molecule has 0 bridgehead atoms. The largest absolute Gasteiger partial charge is 0.492 e. The number of halogens is 1. The molecule has 1 unspecified atom stereocenters. The molecule has 0 radical (unpaired) electrons. The second-order valence-corrected chi connectivity index (χ2v) is 13.7. The highest BCUT2D eigenvalue weighted by Gasteiger charge is 2.47. The first-order chi connectivity index (χ1) is 25.3. The average molecular weight is 677 g/mol. The van der Waals surface area contributed by atoms with Gasteiger partial charge in [0.1, 0.15) is 29.5 Å². The number of ether oxygens (including phenoxy) is 2. The summed E-state index contributed by atoms with van der Waals surface area (Å²) in [6, 6.07) is 9.96. The first-order valence-electron chi connectivity index (χ1n) is 18.3. The number of anilines is 1. The highest BCUT2D eigenvalue weighted by Crippen LogP contribution is 2.43. The zero-order valence-corrected chi connectivity index (χ0v) is 28.2. The number of methoxy groups -OCH3 is 1. The van der Waals surface area contributed by atoms with Crippen molar-refractivity contribution >= 4 is 33.4 Å². The van der Waals surface area contributed by atoms with Crippen LogP contribution in [0.3, 0.4) is 0 Å². The molecule has 256 valence electrons. The molecule has 3 saturated heterocycles. The molecule has 0 spiro atoms. The SMILES string of the molecule is [2H]C([2H])([2H])Oc1c(-c2cccc3ccc(F)c(C#C)c23)ncc2c(N(C)C[C@H]3N(C(=O)C=C)CCC3(C)C#N)nc(OCC34CCCN3CCC4)nc12. The van der Waals surface area contributed by atoms with Crippen molar-refractivity contribution in [2.45, 2.75) is 50.6 Å². The molecule has 2 atom stereocenters. The number of likely N-dealkylation sites (tertiary alicyclic amines) is 1. The van der Waals surface area contributed by atoms with Crippen LogP contribution in [0.1, 0.15) is 48.7 Å². The lowest BCUT2D eigenvalue weighted by molar-refractivity contribution is -0.127. The molecule has 0 saturated carbocycles. The van der Waals surface area contributed by atoms with Gasteiger partial charge in [0.2, 0.25) is 5.91 Å². The third-order valence-electron chi connectivity index (χ3n) is 10.9. The van der Waals surface area contributed by atoms with E-state index in [1.807, 2.05) is 6.92 Å². The van der Waals surface area contributed by atoms with Gasteiger partial charge in [-0.1, -0.05) is 36.8 Å². The second kappa shape index (κ2) is 12.9. The van der Waals surface area contributed by atoms with Crippen molar-refractivity contribution in [3.8, 4) is 41.4 Å². The smallest absolute Gasteiger partial charge is 0.319 e. The van der Waals surface area contributed by atoms with Gasteiger partial charge in [0.15, 0.2) is 5.75 Å². The number of nitrogens with zero attached hydrogens (tertiary/aromatic N) is 7. The molecular weight excluding hydrogens is 633 g/mol. The number of hydrogen-bond acceptors (Lipinski definition) is 9. The van der Waals surface area contributed by atoms with Crippen molar-refractivity contribution in [2.75, 3.05) is 51.8 Å². The number of carbonyl (C=O) groups excluding carboxylic acids is 1. The maximum absolute atomic E-state index is 15.1. The third-order valence-corrected chi connectivity index (χ3v) is 10.9. The van der Waals surface area contributed by atoms with Gasteiger partial charge in [-0.05, 0) is 69.6 Å². The Morgan fingerprint density at radius 3 is 2.76 bits per heavy atom. The molecule has 10 nitrogen and oxygen atoms in total. The second-order valence-electron chi connectivity index (χ2n) is 13.7. The van der Waals surface area contributed by atoms with Crippen molar-refractivity contribution in [3.05, 3.63) is 60.6 Å². The van der Waals surface area contributed by atoms with Gasteiger partial charge in [0.05, 0.1) is 45.2 Å². The fraction of sp³-hybridized carbons (Fsp3) is 0.410. The first-order valence-corrected chi connectivity index (χ1v) is 16.8. The monoisotopic (exact) mass is 676 g/mol. The van der Waals surface area contributed by atoms with Gasteiger partial charge in [-0.25, -0.2) is 4.39 Å². The molecule has 11 heteroatoms. The summed E-state index contributed by atoms with van der Waals surface area (Å²) in [6.45, 7) is 8.38. The van der Waals surface area contributed by atoms with E-state index in [1.165, 1.54) is 18.3 Å². The first kappa shape index (κ1) is 29.6. The van der Waals surface area contributed by atoms with E-state index >= 15 is 4.39 Å². The minimum atomic E-state index is -2.94. The fourth-order valence-corrected chi connectivity index (χ4v) is 8.20. The van der Waals surface area contributed by atoms with Crippen LogP contribution in [-0.4, -0.2) is 89.1 Å². The van der Waals surface area contributed by atoms with E-state index in [1.54, 1.807) is 41.1 Å². The minimum absolute atomic E-state index is 0.000341. The van der Waals surface area contributed by atoms with E-state index in [-0.39, 0.29) is 46.5 Å². The van der Waals surface area contributed by atoms with Crippen molar-refractivity contribution in [1.82, 2.24) is 24.8 Å². The quantitative estimate of drug-likeness (QED) is 0.162. The van der Waals surface area contributed by atoms with Crippen LogP contribution in [0, 0.1) is 34.9 Å². The molecule has 1 amide bonds. The predicted octanol–water partition coefficient (Wildman–Crippen LogP) is 5.73. The van der Waals surface area contributed by atoms with Crippen LogP contribution in [0.4, 0.5) is 10.2 Å². The number of hydrogen-bond donors (Lipinski definition) is 0. The lowest BCUT2D eigenvalue weighted by Gasteiger charge is -2.34. The molecule has 0 N–H and O–H groups in total. The topological polar surface area (TPSA) is 108 Å². The number of benzene rings is 2. The van der Waals surface area contributed by atoms with Crippen molar-refractivity contribution in [2.24, 2.45) is 5.41 Å². The lowest BCUT2D eigenvalue weighted by Crippen LogP contribution is -2.47. The Labute approximate surface area is 295 Å². The standard InChI is InChI=1S/C39H40FN7O3/c1-6-26-29(40)14-13-25-11-8-12-27(32(25)26)33-35(49-5)34-28(21-42-33)36(44-37(43-34)50-24-39-15-9-18-46(39)19-10-16-39)45(4)22-30-38(3,23-41)17-20-47(30)31(48)7-2/h1,7-8,11-14,21,30H,2,9-10,15-20,22,24H2,3-5H3/t30-,38?/m1/s1/i5D3. The lowest BCUT2D eigenvalue weighted by atomic mass is 9.83. The van der Waals surface area contributed by atoms with Crippen molar-refractivity contribution < 1.29 is 22.8 Å². The molecule has 50 heavy (non-hydrogen) atoms. The summed E-state index contributed by atoms with van der Waals surface area (Å²) in [5.41, 5.74) is -0.454. The maximum Gasteiger partial charge on any atom is 0.319 e. The molecule has 7 rings (SSSR count). The zero-order chi connectivity index (χ0) is 37.7. The molecular formula is C39H40FN7O3. The average Bonchev–Trinajstić information content (AvgIpc) is 3.82. The van der Waals surface area contributed by atoms with E-state index in [2.05, 4.69) is 23.5 Å². The van der Waals surface area contributed by atoms with Gasteiger partial charge in [-0.3, -0.25) is 14.7 Å². The number of likely N-dealkylation sites (N-methyl/N-ethyl adjacent to an activating group) is 1. The number of nitriles is 1. The molecule has 3 aliphatic heterocycles. The van der Waals surface area contributed by atoms with E-state index < -0.39 is 24.3 Å². The summed E-state index contributed by atoms with van der Waals surface area (Å²) in [5, 5.41) is 11.6. The van der Waals surface area contributed by atoms with Crippen molar-refractivity contribution in [1.29, 1.82) is 5.26 Å². The molecule has 3 aliphatic rings. The Hall–Kier alpha value is -5.26. The number of terminal acetylenes is 1. The van der Waals surface area contributed by atoms with Crippen LogP contribution in [-0.2, 0) is 4.79 Å². The van der Waals surface area contributed by atoms with Gasteiger partial charge in [0, 0.05) is 37.3 Å². The molecule has 3 fully saturated rings. The zero-order valence-electron chi connectivity index (χ0n) is 31.2. The molecule has 0 aliphatic carbocycles. The molecule has 4 aromatic rings. The van der Waals surface area contributed by atoms with Gasteiger partial charge in [0.25, 0.3) is 0 Å². The normalized spacial score (nSPS) is 22.3. The van der Waals surface area contributed by atoms with Gasteiger partial charge in [-0.15, -0.1) is 6.42 Å². The molecule has 2 aromatic carbocycles. The predicted molar refractivity (Wildman–Crippen MR) is 190 cm³/mol. The number of carbonyl (C=O) groups is 1. The Kier molecular flexibility index (Phi) is 7.64. The Morgan fingerprint density at radius 1 is 1.24 bits per heavy atom.